The fourth-order valence-corrected chi connectivity index (χ4v) is 4.11. The van der Waals surface area contributed by atoms with Crippen LogP contribution in [0.5, 0.6) is 0 Å². The second kappa shape index (κ2) is 7.02. The third-order valence-corrected chi connectivity index (χ3v) is 5.56. The summed E-state index contributed by atoms with van der Waals surface area (Å²) in [4.78, 5) is 26.8. The van der Waals surface area contributed by atoms with Crippen molar-refractivity contribution in [2.24, 2.45) is 0 Å². The van der Waals surface area contributed by atoms with E-state index in [9.17, 15) is 14.0 Å². The molecule has 0 aromatic heterocycles. The number of amides is 3. The first kappa shape index (κ1) is 17.5. The molecule has 0 bridgehead atoms. The second-order valence-electron chi connectivity index (χ2n) is 7.18. The average molecular weight is 367 g/mol. The van der Waals surface area contributed by atoms with E-state index >= 15 is 0 Å². The lowest BCUT2D eigenvalue weighted by molar-refractivity contribution is -0.121. The van der Waals surface area contributed by atoms with E-state index in [-0.39, 0.29) is 17.8 Å². The van der Waals surface area contributed by atoms with Crippen molar-refractivity contribution in [1.82, 2.24) is 5.32 Å². The average Bonchev–Trinajstić information content (AvgIpc) is 3.32. The van der Waals surface area contributed by atoms with E-state index in [2.05, 4.69) is 10.6 Å². The summed E-state index contributed by atoms with van der Waals surface area (Å²) in [5.74, 6) is -0.376. The van der Waals surface area contributed by atoms with Crippen LogP contribution in [-0.2, 0) is 10.2 Å². The van der Waals surface area contributed by atoms with Crippen LogP contribution in [0.15, 0.2) is 48.5 Å². The van der Waals surface area contributed by atoms with Crippen molar-refractivity contribution < 1.29 is 14.0 Å². The SMILES string of the molecule is O=C1NCCN1c1cccc(NC(=O)C2(c3ccc(F)cc3)CCCC2)c1. The Morgan fingerprint density at radius 1 is 1.11 bits per heavy atom. The number of nitrogens with one attached hydrogen (secondary N) is 2. The van der Waals surface area contributed by atoms with Gasteiger partial charge in [-0.15, -0.1) is 0 Å². The number of hydrogen-bond acceptors (Lipinski definition) is 2. The Labute approximate surface area is 157 Å². The van der Waals surface area contributed by atoms with Crippen LogP contribution >= 0.6 is 0 Å². The maximum absolute atomic E-state index is 13.3. The Kier molecular flexibility index (Phi) is 4.56. The molecule has 5 nitrogen and oxygen atoms in total. The van der Waals surface area contributed by atoms with E-state index in [1.165, 1.54) is 12.1 Å². The number of anilines is 2. The van der Waals surface area contributed by atoms with Crippen molar-refractivity contribution in [2.45, 2.75) is 31.1 Å². The molecule has 1 saturated carbocycles. The molecule has 0 spiro atoms. The fourth-order valence-electron chi connectivity index (χ4n) is 4.11. The minimum atomic E-state index is -0.630. The van der Waals surface area contributed by atoms with Gasteiger partial charge in [-0.1, -0.05) is 31.0 Å². The van der Waals surface area contributed by atoms with Gasteiger partial charge >= 0.3 is 6.03 Å². The molecule has 1 aliphatic carbocycles. The fraction of sp³-hybridized carbons (Fsp3) is 0.333. The zero-order valence-electron chi connectivity index (χ0n) is 15.0. The third kappa shape index (κ3) is 3.27. The van der Waals surface area contributed by atoms with Gasteiger partial charge in [0, 0.05) is 24.5 Å². The summed E-state index contributed by atoms with van der Waals surface area (Å²) < 4.78 is 13.3. The van der Waals surface area contributed by atoms with Crippen LogP contribution in [0.2, 0.25) is 0 Å². The minimum Gasteiger partial charge on any atom is -0.336 e. The number of carbonyl (C=O) groups is 2. The summed E-state index contributed by atoms with van der Waals surface area (Å²) in [7, 11) is 0. The molecule has 0 unspecified atom stereocenters. The molecule has 0 atom stereocenters. The molecule has 4 rings (SSSR count). The summed E-state index contributed by atoms with van der Waals surface area (Å²) in [6.45, 7) is 1.22. The van der Waals surface area contributed by atoms with Crippen LogP contribution in [0.25, 0.3) is 0 Å². The molecular weight excluding hydrogens is 345 g/mol. The molecule has 1 heterocycles. The first-order valence-electron chi connectivity index (χ1n) is 9.31. The summed E-state index contributed by atoms with van der Waals surface area (Å²) in [6.07, 6.45) is 3.44. The predicted molar refractivity (Wildman–Crippen MR) is 102 cm³/mol. The summed E-state index contributed by atoms with van der Waals surface area (Å²) in [5.41, 5.74) is 1.64. The van der Waals surface area contributed by atoms with Crippen LogP contribution in [0.4, 0.5) is 20.6 Å². The van der Waals surface area contributed by atoms with E-state index in [4.69, 9.17) is 0 Å². The molecular formula is C21H22FN3O2. The highest BCUT2D eigenvalue weighted by Gasteiger charge is 2.42. The first-order valence-corrected chi connectivity index (χ1v) is 9.31. The Bertz CT molecular complexity index is 860. The van der Waals surface area contributed by atoms with Gasteiger partial charge in [-0.05, 0) is 48.7 Å². The Morgan fingerprint density at radius 2 is 1.85 bits per heavy atom. The van der Waals surface area contributed by atoms with Crippen molar-refractivity contribution in [3.63, 3.8) is 0 Å². The maximum atomic E-state index is 13.3. The van der Waals surface area contributed by atoms with Crippen molar-refractivity contribution in [1.29, 1.82) is 0 Å². The number of halogens is 1. The first-order chi connectivity index (χ1) is 13.1. The molecule has 3 amide bonds. The molecule has 2 N–H and O–H groups in total. The topological polar surface area (TPSA) is 61.4 Å². The van der Waals surface area contributed by atoms with Gasteiger partial charge in [-0.3, -0.25) is 9.69 Å². The number of hydrogen-bond donors (Lipinski definition) is 2. The van der Waals surface area contributed by atoms with Gasteiger partial charge in [0.05, 0.1) is 5.41 Å². The van der Waals surface area contributed by atoms with Crippen LogP contribution in [0.1, 0.15) is 31.2 Å². The van der Waals surface area contributed by atoms with Crippen LogP contribution in [0, 0.1) is 5.82 Å². The Hall–Kier alpha value is -2.89. The van der Waals surface area contributed by atoms with E-state index < -0.39 is 5.41 Å². The molecule has 2 aromatic carbocycles. The van der Waals surface area contributed by atoms with Crippen LogP contribution in [0.3, 0.4) is 0 Å². The minimum absolute atomic E-state index is 0.0744. The molecule has 1 aliphatic heterocycles. The summed E-state index contributed by atoms with van der Waals surface area (Å²) >= 11 is 0. The monoisotopic (exact) mass is 367 g/mol. The van der Waals surface area contributed by atoms with Crippen LogP contribution in [-0.4, -0.2) is 25.0 Å². The lowest BCUT2D eigenvalue weighted by Crippen LogP contribution is -2.38. The molecule has 6 heteroatoms. The van der Waals surface area contributed by atoms with E-state index in [1.807, 2.05) is 24.3 Å². The van der Waals surface area contributed by atoms with Gasteiger partial charge < -0.3 is 10.6 Å². The van der Waals surface area contributed by atoms with Gasteiger partial charge in [-0.2, -0.15) is 0 Å². The van der Waals surface area contributed by atoms with Crippen molar-refractivity contribution in [3.05, 3.63) is 59.9 Å². The molecule has 2 aromatic rings. The molecule has 0 radical (unpaired) electrons. The Morgan fingerprint density at radius 3 is 2.52 bits per heavy atom. The Balaban J connectivity index is 1.58. The van der Waals surface area contributed by atoms with Crippen LogP contribution < -0.4 is 15.5 Å². The smallest absolute Gasteiger partial charge is 0.321 e. The maximum Gasteiger partial charge on any atom is 0.321 e. The number of carbonyl (C=O) groups excluding carboxylic acids is 2. The highest BCUT2D eigenvalue weighted by Crippen LogP contribution is 2.42. The van der Waals surface area contributed by atoms with Crippen molar-refractivity contribution in [2.75, 3.05) is 23.3 Å². The van der Waals surface area contributed by atoms with Gasteiger partial charge in [-0.25, -0.2) is 9.18 Å². The number of nitrogens with zero attached hydrogens (tertiary/aromatic N) is 1. The van der Waals surface area contributed by atoms with E-state index in [0.29, 0.717) is 18.8 Å². The summed E-state index contributed by atoms with van der Waals surface area (Å²) in [6, 6.07) is 13.4. The predicted octanol–water partition coefficient (Wildman–Crippen LogP) is 3.81. The quantitative estimate of drug-likeness (QED) is 0.863. The highest BCUT2D eigenvalue weighted by atomic mass is 19.1. The van der Waals surface area contributed by atoms with Gasteiger partial charge in [0.2, 0.25) is 5.91 Å². The van der Waals surface area contributed by atoms with Gasteiger partial charge in [0.25, 0.3) is 0 Å². The molecule has 140 valence electrons. The lowest BCUT2D eigenvalue weighted by atomic mass is 9.78. The summed E-state index contributed by atoms with van der Waals surface area (Å²) in [5, 5.41) is 5.80. The zero-order valence-corrected chi connectivity index (χ0v) is 15.0. The number of benzene rings is 2. The molecule has 2 aliphatic rings. The molecule has 2 fully saturated rings. The molecule has 27 heavy (non-hydrogen) atoms. The number of urea groups is 1. The van der Waals surface area contributed by atoms with E-state index in [0.717, 1.165) is 36.9 Å². The van der Waals surface area contributed by atoms with Gasteiger partial charge in [0.15, 0.2) is 0 Å². The zero-order chi connectivity index (χ0) is 18.9. The second-order valence-corrected chi connectivity index (χ2v) is 7.18. The van der Waals surface area contributed by atoms with Crippen molar-refractivity contribution in [3.8, 4) is 0 Å². The van der Waals surface area contributed by atoms with E-state index in [1.54, 1.807) is 17.0 Å². The number of rotatable bonds is 4. The highest BCUT2D eigenvalue weighted by molar-refractivity contribution is 6.00. The largest absolute Gasteiger partial charge is 0.336 e. The normalized spacial score (nSPS) is 18.4. The van der Waals surface area contributed by atoms with Gasteiger partial charge in [0.1, 0.15) is 5.82 Å². The third-order valence-electron chi connectivity index (χ3n) is 5.56. The lowest BCUT2D eigenvalue weighted by Gasteiger charge is -2.28. The molecule has 1 saturated heterocycles. The van der Waals surface area contributed by atoms with Crippen molar-refractivity contribution >= 4 is 23.3 Å². The standard InChI is InChI=1S/C21H22FN3O2/c22-16-8-6-15(7-9-16)21(10-1-2-11-21)19(26)24-17-4-3-5-18(14-17)25-13-12-23-20(25)27/h3-9,14H,1-2,10-13H2,(H,23,27)(H,24,26).